The Bertz CT molecular complexity index is 875. The van der Waals surface area contributed by atoms with Gasteiger partial charge >= 0.3 is 11.7 Å². The number of aromatic carboxylic acids is 1. The van der Waals surface area contributed by atoms with Crippen molar-refractivity contribution in [1.82, 2.24) is 14.5 Å². The normalized spacial score (nSPS) is 10.9. The maximum absolute atomic E-state index is 12.1. The number of fused-ring (bicyclic) bond motifs is 1. The molecule has 3 aromatic rings. The fourth-order valence-corrected chi connectivity index (χ4v) is 2.32. The van der Waals surface area contributed by atoms with E-state index >= 15 is 0 Å². The van der Waals surface area contributed by atoms with Gasteiger partial charge < -0.3 is 10.1 Å². The number of H-pyrrole nitrogens is 1. The lowest BCUT2D eigenvalue weighted by Gasteiger charge is -2.06. The molecule has 0 atom stereocenters. The molecule has 21 heavy (non-hydrogen) atoms. The zero-order valence-corrected chi connectivity index (χ0v) is 11.3. The quantitative estimate of drug-likeness (QED) is 0.767. The molecule has 2 heterocycles. The van der Waals surface area contributed by atoms with Crippen molar-refractivity contribution in [3.63, 3.8) is 0 Å². The standard InChI is InChI=1S/C15H13N3O3/c1-9-5-6-10(7-16-9)8-18-13-11(14(19)20)3-2-4-12(13)17-15(18)21/h2-7H,8H2,1H3,(H,17,21)(H,19,20). The van der Waals surface area contributed by atoms with E-state index in [1.165, 1.54) is 10.6 Å². The Balaban J connectivity index is 2.17. The van der Waals surface area contributed by atoms with Gasteiger partial charge in [0.25, 0.3) is 0 Å². The van der Waals surface area contributed by atoms with Gasteiger partial charge in [-0.1, -0.05) is 12.1 Å². The Morgan fingerprint density at radius 2 is 2.14 bits per heavy atom. The van der Waals surface area contributed by atoms with Crippen LogP contribution < -0.4 is 5.69 Å². The summed E-state index contributed by atoms with van der Waals surface area (Å²) in [4.78, 5) is 30.3. The van der Waals surface area contributed by atoms with Gasteiger partial charge in [-0.15, -0.1) is 0 Å². The second-order valence-corrected chi connectivity index (χ2v) is 4.83. The van der Waals surface area contributed by atoms with Crippen LogP contribution in [0.5, 0.6) is 0 Å². The van der Waals surface area contributed by atoms with Crippen LogP contribution in [0.25, 0.3) is 11.0 Å². The first kappa shape index (κ1) is 13.1. The van der Waals surface area contributed by atoms with Crippen molar-refractivity contribution in [2.45, 2.75) is 13.5 Å². The highest BCUT2D eigenvalue weighted by atomic mass is 16.4. The number of rotatable bonds is 3. The highest BCUT2D eigenvalue weighted by Crippen LogP contribution is 2.17. The molecule has 6 nitrogen and oxygen atoms in total. The van der Waals surface area contributed by atoms with Crippen molar-refractivity contribution < 1.29 is 9.90 Å². The van der Waals surface area contributed by atoms with E-state index in [0.29, 0.717) is 11.0 Å². The molecule has 6 heteroatoms. The molecule has 0 aliphatic rings. The summed E-state index contributed by atoms with van der Waals surface area (Å²) in [7, 11) is 0. The number of aromatic nitrogens is 3. The Morgan fingerprint density at radius 1 is 1.33 bits per heavy atom. The van der Waals surface area contributed by atoms with E-state index in [1.807, 2.05) is 19.1 Å². The molecule has 0 amide bonds. The highest BCUT2D eigenvalue weighted by Gasteiger charge is 2.15. The van der Waals surface area contributed by atoms with Crippen LogP contribution in [0.3, 0.4) is 0 Å². The second-order valence-electron chi connectivity index (χ2n) is 4.83. The van der Waals surface area contributed by atoms with Crippen LogP contribution in [0.1, 0.15) is 21.6 Å². The molecular weight excluding hydrogens is 270 g/mol. The molecular formula is C15H13N3O3. The zero-order valence-electron chi connectivity index (χ0n) is 11.3. The van der Waals surface area contributed by atoms with Crippen LogP contribution >= 0.6 is 0 Å². The maximum Gasteiger partial charge on any atom is 0.337 e. The van der Waals surface area contributed by atoms with Gasteiger partial charge in [0.05, 0.1) is 23.1 Å². The van der Waals surface area contributed by atoms with Crippen molar-refractivity contribution in [1.29, 1.82) is 0 Å². The number of hydrogen-bond acceptors (Lipinski definition) is 3. The minimum Gasteiger partial charge on any atom is -0.478 e. The molecule has 0 unspecified atom stereocenters. The van der Waals surface area contributed by atoms with E-state index in [-0.39, 0.29) is 17.8 Å². The van der Waals surface area contributed by atoms with E-state index in [4.69, 9.17) is 0 Å². The van der Waals surface area contributed by atoms with Gasteiger partial charge in [0, 0.05) is 11.9 Å². The van der Waals surface area contributed by atoms with Crippen molar-refractivity contribution in [2.75, 3.05) is 0 Å². The summed E-state index contributed by atoms with van der Waals surface area (Å²) in [5.41, 5.74) is 2.40. The van der Waals surface area contributed by atoms with E-state index < -0.39 is 5.97 Å². The molecule has 2 N–H and O–H groups in total. The number of aromatic amines is 1. The first-order chi connectivity index (χ1) is 10.1. The van der Waals surface area contributed by atoms with Crippen LogP contribution in [-0.2, 0) is 6.54 Å². The van der Waals surface area contributed by atoms with Crippen LogP contribution in [0.2, 0.25) is 0 Å². The molecule has 0 aliphatic heterocycles. The third kappa shape index (κ3) is 2.31. The Labute approximate surface area is 119 Å². The first-order valence-corrected chi connectivity index (χ1v) is 6.42. The van der Waals surface area contributed by atoms with Gasteiger partial charge in [-0.05, 0) is 30.7 Å². The zero-order chi connectivity index (χ0) is 15.0. The van der Waals surface area contributed by atoms with E-state index in [2.05, 4.69) is 9.97 Å². The number of nitrogens with zero attached hydrogens (tertiary/aromatic N) is 2. The first-order valence-electron chi connectivity index (χ1n) is 6.42. The van der Waals surface area contributed by atoms with Gasteiger partial charge in [-0.3, -0.25) is 9.55 Å². The number of pyridine rings is 1. The molecule has 0 fully saturated rings. The summed E-state index contributed by atoms with van der Waals surface area (Å²) < 4.78 is 1.42. The number of carboxylic acids is 1. The number of aryl methyl sites for hydroxylation is 1. The van der Waals surface area contributed by atoms with Crippen molar-refractivity contribution >= 4 is 17.0 Å². The monoisotopic (exact) mass is 283 g/mol. The number of para-hydroxylation sites is 1. The van der Waals surface area contributed by atoms with Crippen molar-refractivity contribution in [2.24, 2.45) is 0 Å². The van der Waals surface area contributed by atoms with Crippen LogP contribution in [0.15, 0.2) is 41.3 Å². The average molecular weight is 283 g/mol. The van der Waals surface area contributed by atoms with E-state index in [9.17, 15) is 14.7 Å². The maximum atomic E-state index is 12.1. The molecule has 0 spiro atoms. The van der Waals surface area contributed by atoms with Crippen LogP contribution in [0.4, 0.5) is 0 Å². The van der Waals surface area contributed by atoms with Gasteiger partial charge in [0.2, 0.25) is 0 Å². The third-order valence-corrected chi connectivity index (χ3v) is 3.34. The summed E-state index contributed by atoms with van der Waals surface area (Å²) in [6.45, 7) is 2.15. The van der Waals surface area contributed by atoms with Crippen molar-refractivity contribution in [3.8, 4) is 0 Å². The molecule has 0 saturated heterocycles. The molecule has 1 aromatic carbocycles. The number of nitrogens with one attached hydrogen (secondary N) is 1. The number of imidazole rings is 1. The topological polar surface area (TPSA) is 88.0 Å². The molecule has 0 bridgehead atoms. The van der Waals surface area contributed by atoms with Crippen LogP contribution in [-0.4, -0.2) is 25.6 Å². The molecule has 0 saturated carbocycles. The number of carboxylic acid groups (broad SMARTS) is 1. The molecule has 0 aliphatic carbocycles. The number of hydrogen-bond donors (Lipinski definition) is 2. The molecule has 2 aromatic heterocycles. The summed E-state index contributed by atoms with van der Waals surface area (Å²) >= 11 is 0. The minimum atomic E-state index is -1.06. The van der Waals surface area contributed by atoms with Crippen molar-refractivity contribution in [3.05, 3.63) is 63.8 Å². The molecule has 3 rings (SSSR count). The minimum absolute atomic E-state index is 0.103. The fraction of sp³-hybridized carbons (Fsp3) is 0.133. The average Bonchev–Trinajstić information content (AvgIpc) is 2.77. The van der Waals surface area contributed by atoms with Gasteiger partial charge in [0.15, 0.2) is 0 Å². The van der Waals surface area contributed by atoms with Crippen LogP contribution in [0, 0.1) is 6.92 Å². The highest BCUT2D eigenvalue weighted by molar-refractivity contribution is 6.01. The Morgan fingerprint density at radius 3 is 2.81 bits per heavy atom. The van der Waals surface area contributed by atoms with E-state index in [0.717, 1.165) is 11.3 Å². The Kier molecular flexibility index (Phi) is 3.06. The summed E-state index contributed by atoms with van der Waals surface area (Å²) in [6.07, 6.45) is 1.68. The largest absolute Gasteiger partial charge is 0.478 e. The van der Waals surface area contributed by atoms with Gasteiger partial charge in [0.1, 0.15) is 0 Å². The number of benzene rings is 1. The number of carbonyl (C=O) groups is 1. The summed E-state index contributed by atoms with van der Waals surface area (Å²) in [5, 5.41) is 9.28. The summed E-state index contributed by atoms with van der Waals surface area (Å²) in [5.74, 6) is -1.06. The fourth-order valence-electron chi connectivity index (χ4n) is 2.32. The van der Waals surface area contributed by atoms with Gasteiger partial charge in [-0.2, -0.15) is 0 Å². The SMILES string of the molecule is Cc1ccc(Cn2c(=O)[nH]c3cccc(C(=O)O)c32)cn1. The van der Waals surface area contributed by atoms with E-state index in [1.54, 1.807) is 18.3 Å². The second kappa shape index (κ2) is 4.90. The summed E-state index contributed by atoms with van der Waals surface area (Å²) in [6, 6.07) is 8.51. The Hall–Kier alpha value is -2.89. The smallest absolute Gasteiger partial charge is 0.337 e. The lowest BCUT2D eigenvalue weighted by atomic mass is 10.1. The lowest BCUT2D eigenvalue weighted by molar-refractivity contribution is 0.0698. The predicted molar refractivity (Wildman–Crippen MR) is 77.6 cm³/mol. The lowest BCUT2D eigenvalue weighted by Crippen LogP contribution is -2.18. The predicted octanol–water partition coefficient (Wildman–Crippen LogP) is 1.78. The molecule has 0 radical (unpaired) electrons. The third-order valence-electron chi connectivity index (χ3n) is 3.34. The molecule has 106 valence electrons. The van der Waals surface area contributed by atoms with Gasteiger partial charge in [-0.25, -0.2) is 9.59 Å².